The zero-order chi connectivity index (χ0) is 18.3. The summed E-state index contributed by atoms with van der Waals surface area (Å²) in [6, 6.07) is 6.63. The van der Waals surface area contributed by atoms with Gasteiger partial charge in [0.2, 0.25) is 0 Å². The predicted octanol–water partition coefficient (Wildman–Crippen LogP) is 5.49. The first-order valence-corrected chi connectivity index (χ1v) is 9.32. The number of hydrogen-bond donors (Lipinski definition) is 0. The van der Waals surface area contributed by atoms with E-state index in [4.69, 9.17) is 21.1 Å². The summed E-state index contributed by atoms with van der Waals surface area (Å²) >= 11 is 5.88. The van der Waals surface area contributed by atoms with Crippen molar-refractivity contribution >= 4 is 23.5 Å². The van der Waals surface area contributed by atoms with Crippen LogP contribution >= 0.6 is 11.6 Å². The fraction of sp³-hybridized carbons (Fsp3) is 0.500. The summed E-state index contributed by atoms with van der Waals surface area (Å²) in [6.07, 6.45) is 11.6. The number of carbonyl (C=O) groups excluding carboxylic acids is 2. The van der Waals surface area contributed by atoms with E-state index in [1.165, 1.54) is 38.5 Å². The van der Waals surface area contributed by atoms with Gasteiger partial charge < -0.3 is 9.47 Å². The average molecular weight is 367 g/mol. The van der Waals surface area contributed by atoms with Gasteiger partial charge in [0.15, 0.2) is 0 Å². The number of ether oxygens (including phenoxy) is 2. The van der Waals surface area contributed by atoms with Crippen LogP contribution in [0, 0.1) is 0 Å². The second-order valence-electron chi connectivity index (χ2n) is 5.83. The SMILES string of the molecule is CCCCCCCCCCOC(=O)/C=C/C(=O)Oc1ccccc1Cl. The molecule has 0 amide bonds. The Morgan fingerprint density at radius 1 is 0.920 bits per heavy atom. The molecule has 0 atom stereocenters. The van der Waals surface area contributed by atoms with Crippen LogP contribution in [0.5, 0.6) is 5.75 Å². The molecule has 0 radical (unpaired) electrons. The van der Waals surface area contributed by atoms with E-state index in [1.54, 1.807) is 24.3 Å². The molecular weight excluding hydrogens is 340 g/mol. The molecule has 1 rings (SSSR count). The fourth-order valence-corrected chi connectivity index (χ4v) is 2.44. The molecule has 138 valence electrons. The second kappa shape index (κ2) is 13.5. The largest absolute Gasteiger partial charge is 0.463 e. The smallest absolute Gasteiger partial charge is 0.336 e. The number of hydrogen-bond acceptors (Lipinski definition) is 4. The van der Waals surface area contributed by atoms with Gasteiger partial charge in [-0.25, -0.2) is 9.59 Å². The second-order valence-corrected chi connectivity index (χ2v) is 6.23. The molecule has 0 aliphatic carbocycles. The lowest BCUT2D eigenvalue weighted by atomic mass is 10.1. The maximum Gasteiger partial charge on any atom is 0.336 e. The summed E-state index contributed by atoms with van der Waals surface area (Å²) in [6.45, 7) is 2.58. The summed E-state index contributed by atoms with van der Waals surface area (Å²) < 4.78 is 10.1. The first-order valence-electron chi connectivity index (χ1n) is 8.94. The number of para-hydroxylation sites is 1. The van der Waals surface area contributed by atoms with E-state index < -0.39 is 11.9 Å². The molecule has 0 spiro atoms. The van der Waals surface area contributed by atoms with Crippen molar-refractivity contribution < 1.29 is 19.1 Å². The average Bonchev–Trinajstić information content (AvgIpc) is 2.60. The monoisotopic (exact) mass is 366 g/mol. The van der Waals surface area contributed by atoms with Crippen LogP contribution < -0.4 is 4.74 Å². The van der Waals surface area contributed by atoms with Crippen LogP contribution in [0.25, 0.3) is 0 Å². The lowest BCUT2D eigenvalue weighted by Crippen LogP contribution is -2.07. The van der Waals surface area contributed by atoms with Crippen LogP contribution in [0.2, 0.25) is 5.02 Å². The Morgan fingerprint density at radius 3 is 2.20 bits per heavy atom. The van der Waals surface area contributed by atoms with Crippen molar-refractivity contribution in [2.75, 3.05) is 6.61 Å². The number of unbranched alkanes of at least 4 members (excludes halogenated alkanes) is 7. The first kappa shape index (κ1) is 21.2. The van der Waals surface area contributed by atoms with Gasteiger partial charge in [-0.3, -0.25) is 0 Å². The molecule has 1 aromatic rings. The number of benzene rings is 1. The highest BCUT2D eigenvalue weighted by Crippen LogP contribution is 2.23. The lowest BCUT2D eigenvalue weighted by Gasteiger charge is -2.03. The Balaban J connectivity index is 2.10. The minimum atomic E-state index is -0.669. The molecule has 0 saturated heterocycles. The van der Waals surface area contributed by atoms with E-state index in [0.717, 1.165) is 25.0 Å². The zero-order valence-electron chi connectivity index (χ0n) is 14.8. The Labute approximate surface area is 155 Å². The minimum absolute atomic E-state index is 0.256. The molecule has 0 aromatic heterocycles. The number of carbonyl (C=O) groups is 2. The standard InChI is InChI=1S/C20H27ClO4/c1-2-3-4-5-6-7-8-11-16-24-19(22)14-15-20(23)25-18-13-10-9-12-17(18)21/h9-10,12-15H,2-8,11,16H2,1H3/b15-14+. The van der Waals surface area contributed by atoms with E-state index in [-0.39, 0.29) is 5.75 Å². The Bertz CT molecular complexity index is 554. The van der Waals surface area contributed by atoms with Crippen LogP contribution in [0.1, 0.15) is 58.3 Å². The Morgan fingerprint density at radius 2 is 1.52 bits per heavy atom. The molecular formula is C20H27ClO4. The number of esters is 2. The van der Waals surface area contributed by atoms with E-state index >= 15 is 0 Å². The lowest BCUT2D eigenvalue weighted by molar-refractivity contribution is -0.138. The fourth-order valence-electron chi connectivity index (χ4n) is 2.26. The van der Waals surface area contributed by atoms with Gasteiger partial charge >= 0.3 is 11.9 Å². The van der Waals surface area contributed by atoms with Gasteiger partial charge in [-0.1, -0.05) is 75.6 Å². The number of halogens is 1. The summed E-state index contributed by atoms with van der Waals surface area (Å²) in [5.74, 6) is -0.956. The topological polar surface area (TPSA) is 52.6 Å². The molecule has 25 heavy (non-hydrogen) atoms. The first-order chi connectivity index (χ1) is 12.1. The summed E-state index contributed by atoms with van der Waals surface area (Å²) in [7, 11) is 0. The third kappa shape index (κ3) is 10.6. The van der Waals surface area contributed by atoms with Crippen LogP contribution in [-0.2, 0) is 14.3 Å². The Hall–Kier alpha value is -1.81. The minimum Gasteiger partial charge on any atom is -0.463 e. The maximum absolute atomic E-state index is 11.6. The molecule has 0 bridgehead atoms. The van der Waals surface area contributed by atoms with Gasteiger partial charge in [0.05, 0.1) is 11.6 Å². The van der Waals surface area contributed by atoms with Crippen LogP contribution in [-0.4, -0.2) is 18.5 Å². The molecule has 0 aliphatic heterocycles. The maximum atomic E-state index is 11.6. The van der Waals surface area contributed by atoms with Crippen molar-refractivity contribution in [3.63, 3.8) is 0 Å². The quantitative estimate of drug-likeness (QED) is 0.212. The highest BCUT2D eigenvalue weighted by molar-refractivity contribution is 6.32. The highest BCUT2D eigenvalue weighted by atomic mass is 35.5. The molecule has 0 heterocycles. The van der Waals surface area contributed by atoms with Gasteiger partial charge in [-0.15, -0.1) is 0 Å². The van der Waals surface area contributed by atoms with Gasteiger partial charge in [-0.05, 0) is 18.6 Å². The van der Waals surface area contributed by atoms with E-state index in [2.05, 4.69) is 6.92 Å². The van der Waals surface area contributed by atoms with Gasteiger partial charge in [0.25, 0.3) is 0 Å². The third-order valence-corrected chi connectivity index (χ3v) is 3.96. The van der Waals surface area contributed by atoms with E-state index in [1.807, 2.05) is 0 Å². The molecule has 5 heteroatoms. The van der Waals surface area contributed by atoms with Crippen LogP contribution in [0.4, 0.5) is 0 Å². The van der Waals surface area contributed by atoms with Gasteiger partial charge in [0, 0.05) is 12.2 Å². The molecule has 1 aromatic carbocycles. The van der Waals surface area contributed by atoms with Crippen molar-refractivity contribution in [2.24, 2.45) is 0 Å². The zero-order valence-corrected chi connectivity index (χ0v) is 15.6. The van der Waals surface area contributed by atoms with E-state index in [0.29, 0.717) is 11.6 Å². The summed E-state index contributed by atoms with van der Waals surface area (Å²) in [5.41, 5.74) is 0. The molecule has 0 fully saturated rings. The molecule has 0 aliphatic rings. The van der Waals surface area contributed by atoms with Gasteiger partial charge in [0.1, 0.15) is 5.75 Å². The van der Waals surface area contributed by atoms with Crippen molar-refractivity contribution in [3.8, 4) is 5.75 Å². The third-order valence-electron chi connectivity index (χ3n) is 3.64. The van der Waals surface area contributed by atoms with E-state index in [9.17, 15) is 9.59 Å². The summed E-state index contributed by atoms with van der Waals surface area (Å²) in [5, 5.41) is 0.335. The van der Waals surface area contributed by atoms with Crippen molar-refractivity contribution in [1.29, 1.82) is 0 Å². The molecule has 0 unspecified atom stereocenters. The predicted molar refractivity (Wildman–Crippen MR) is 99.8 cm³/mol. The van der Waals surface area contributed by atoms with Crippen molar-refractivity contribution in [1.82, 2.24) is 0 Å². The normalized spacial score (nSPS) is 10.8. The number of rotatable bonds is 12. The van der Waals surface area contributed by atoms with Crippen molar-refractivity contribution in [2.45, 2.75) is 58.3 Å². The Kier molecular flexibility index (Phi) is 11.4. The van der Waals surface area contributed by atoms with Gasteiger partial charge in [-0.2, -0.15) is 0 Å². The van der Waals surface area contributed by atoms with Crippen LogP contribution in [0.15, 0.2) is 36.4 Å². The summed E-state index contributed by atoms with van der Waals surface area (Å²) in [4.78, 5) is 23.1. The highest BCUT2D eigenvalue weighted by Gasteiger charge is 2.05. The molecule has 0 N–H and O–H groups in total. The van der Waals surface area contributed by atoms with Crippen molar-refractivity contribution in [3.05, 3.63) is 41.4 Å². The molecule has 4 nitrogen and oxygen atoms in total. The molecule has 0 saturated carbocycles. The van der Waals surface area contributed by atoms with Crippen LogP contribution in [0.3, 0.4) is 0 Å².